The number of cyclic esters (lactones) is 1. The molecule has 2 aromatic rings. The number of carbonyl (C=O) groups is 2. The number of hydrogen-bond acceptors (Lipinski definition) is 3. The predicted molar refractivity (Wildman–Crippen MR) is 84.4 cm³/mol. The number of halogens is 2. The van der Waals surface area contributed by atoms with Gasteiger partial charge in [-0.3, -0.25) is 4.79 Å². The first-order valence-corrected chi connectivity index (χ1v) is 7.35. The molecule has 1 unspecified atom stereocenters. The van der Waals surface area contributed by atoms with Crippen molar-refractivity contribution in [2.24, 2.45) is 0 Å². The third kappa shape index (κ3) is 2.93. The van der Waals surface area contributed by atoms with E-state index in [-0.39, 0.29) is 6.42 Å². The molecule has 1 amide bonds. The van der Waals surface area contributed by atoms with Crippen molar-refractivity contribution in [2.45, 2.75) is 12.5 Å². The fraction of sp³-hybridized carbons (Fsp3) is 0.125. The molecule has 0 saturated heterocycles. The van der Waals surface area contributed by atoms with Crippen LogP contribution < -0.4 is 5.32 Å². The van der Waals surface area contributed by atoms with Gasteiger partial charge in [0.2, 0.25) is 0 Å². The molecule has 3 rings (SSSR count). The van der Waals surface area contributed by atoms with E-state index in [1.165, 1.54) is 0 Å². The van der Waals surface area contributed by atoms with Gasteiger partial charge in [0.1, 0.15) is 0 Å². The van der Waals surface area contributed by atoms with Crippen molar-refractivity contribution in [3.63, 3.8) is 0 Å². The van der Waals surface area contributed by atoms with Crippen molar-refractivity contribution in [3.8, 4) is 0 Å². The molecule has 0 aliphatic carbocycles. The normalized spacial score (nSPS) is 16.6. The van der Waals surface area contributed by atoms with Crippen LogP contribution >= 0.6 is 23.2 Å². The van der Waals surface area contributed by atoms with E-state index in [9.17, 15) is 9.59 Å². The Kier molecular flexibility index (Phi) is 4.05. The van der Waals surface area contributed by atoms with E-state index in [0.717, 1.165) is 0 Å². The van der Waals surface area contributed by atoms with Crippen molar-refractivity contribution in [3.05, 3.63) is 63.6 Å². The molecular formula is C16H11Cl2NO3. The number of fused-ring (bicyclic) bond motifs is 1. The highest BCUT2D eigenvalue weighted by Crippen LogP contribution is 2.26. The lowest BCUT2D eigenvalue weighted by molar-refractivity contribution is -0.125. The molecule has 4 nitrogen and oxygen atoms in total. The molecular weight excluding hydrogens is 325 g/mol. The van der Waals surface area contributed by atoms with Crippen molar-refractivity contribution in [2.75, 3.05) is 5.32 Å². The maximum atomic E-state index is 12.3. The molecule has 1 atom stereocenters. The van der Waals surface area contributed by atoms with Gasteiger partial charge in [0, 0.05) is 11.4 Å². The van der Waals surface area contributed by atoms with Crippen LogP contribution in [0.2, 0.25) is 10.0 Å². The van der Waals surface area contributed by atoms with Crippen LogP contribution in [0.25, 0.3) is 0 Å². The fourth-order valence-electron chi connectivity index (χ4n) is 2.29. The molecule has 0 spiro atoms. The number of para-hydroxylation sites is 1. The summed E-state index contributed by atoms with van der Waals surface area (Å²) in [5.74, 6) is -0.954. The highest BCUT2D eigenvalue weighted by Gasteiger charge is 2.31. The number of benzene rings is 2. The van der Waals surface area contributed by atoms with Gasteiger partial charge in [-0.2, -0.15) is 0 Å². The standard InChI is InChI=1S/C16H11Cl2NO3/c17-10-5-6-11-9(7-10)8-14(22-16(11)21)15(20)19-13-4-2-1-3-12(13)18/h1-7,14H,8H2,(H,19,20). The molecule has 0 radical (unpaired) electrons. The maximum absolute atomic E-state index is 12.3. The van der Waals surface area contributed by atoms with Gasteiger partial charge in [0.05, 0.1) is 16.3 Å². The third-order valence-electron chi connectivity index (χ3n) is 3.37. The van der Waals surface area contributed by atoms with E-state index in [4.69, 9.17) is 27.9 Å². The second-order valence-corrected chi connectivity index (χ2v) is 5.71. The molecule has 2 aromatic carbocycles. The van der Waals surface area contributed by atoms with Crippen LogP contribution in [0.15, 0.2) is 42.5 Å². The van der Waals surface area contributed by atoms with Crippen LogP contribution in [0.3, 0.4) is 0 Å². The largest absolute Gasteiger partial charge is 0.448 e. The van der Waals surface area contributed by atoms with E-state index in [2.05, 4.69) is 5.32 Å². The third-order valence-corrected chi connectivity index (χ3v) is 3.93. The molecule has 1 aliphatic rings. The second kappa shape index (κ2) is 5.99. The van der Waals surface area contributed by atoms with E-state index < -0.39 is 18.0 Å². The number of hydrogen-bond donors (Lipinski definition) is 1. The van der Waals surface area contributed by atoms with Crippen molar-refractivity contribution < 1.29 is 14.3 Å². The molecule has 0 saturated carbocycles. The van der Waals surface area contributed by atoms with Gasteiger partial charge in [0.25, 0.3) is 5.91 Å². The zero-order valence-electron chi connectivity index (χ0n) is 11.3. The van der Waals surface area contributed by atoms with Crippen LogP contribution in [0, 0.1) is 0 Å². The Balaban J connectivity index is 1.80. The van der Waals surface area contributed by atoms with Crippen LogP contribution in [0.4, 0.5) is 5.69 Å². The SMILES string of the molecule is O=C1OC(C(=O)Nc2ccccc2Cl)Cc2cc(Cl)ccc21. The maximum Gasteiger partial charge on any atom is 0.339 e. The van der Waals surface area contributed by atoms with Gasteiger partial charge >= 0.3 is 5.97 Å². The number of nitrogens with one attached hydrogen (secondary N) is 1. The first kappa shape index (κ1) is 14.9. The summed E-state index contributed by atoms with van der Waals surface area (Å²) >= 11 is 11.9. The number of ether oxygens (including phenoxy) is 1. The summed E-state index contributed by atoms with van der Waals surface area (Å²) in [6.45, 7) is 0. The highest BCUT2D eigenvalue weighted by atomic mass is 35.5. The Hall–Kier alpha value is -2.04. The van der Waals surface area contributed by atoms with E-state index in [1.54, 1.807) is 42.5 Å². The summed E-state index contributed by atoms with van der Waals surface area (Å²) < 4.78 is 5.19. The van der Waals surface area contributed by atoms with Crippen molar-refractivity contribution in [1.82, 2.24) is 0 Å². The van der Waals surface area contributed by atoms with Gasteiger partial charge in [-0.1, -0.05) is 35.3 Å². The Morgan fingerprint density at radius 1 is 1.18 bits per heavy atom. The second-order valence-electron chi connectivity index (χ2n) is 4.87. The van der Waals surface area contributed by atoms with Gasteiger partial charge in [0.15, 0.2) is 6.10 Å². The van der Waals surface area contributed by atoms with Gasteiger partial charge in [-0.05, 0) is 35.9 Å². The zero-order chi connectivity index (χ0) is 15.7. The molecule has 1 N–H and O–H groups in total. The van der Waals surface area contributed by atoms with Crippen molar-refractivity contribution in [1.29, 1.82) is 0 Å². The Morgan fingerprint density at radius 3 is 2.73 bits per heavy atom. The highest BCUT2D eigenvalue weighted by molar-refractivity contribution is 6.33. The lowest BCUT2D eigenvalue weighted by Gasteiger charge is -2.24. The van der Waals surface area contributed by atoms with Gasteiger partial charge in [-0.25, -0.2) is 4.79 Å². The molecule has 0 fully saturated rings. The molecule has 0 aromatic heterocycles. The van der Waals surface area contributed by atoms with E-state index in [1.807, 2.05) is 0 Å². The van der Waals surface area contributed by atoms with Crippen LogP contribution in [0.5, 0.6) is 0 Å². The van der Waals surface area contributed by atoms with Gasteiger partial charge in [-0.15, -0.1) is 0 Å². The van der Waals surface area contributed by atoms with Crippen LogP contribution in [0.1, 0.15) is 15.9 Å². The van der Waals surface area contributed by atoms with E-state index >= 15 is 0 Å². The number of carbonyl (C=O) groups excluding carboxylic acids is 2. The van der Waals surface area contributed by atoms with Crippen LogP contribution in [-0.4, -0.2) is 18.0 Å². The Labute approximate surface area is 137 Å². The average Bonchev–Trinajstić information content (AvgIpc) is 2.49. The van der Waals surface area contributed by atoms with Gasteiger partial charge < -0.3 is 10.1 Å². The van der Waals surface area contributed by atoms with Crippen molar-refractivity contribution >= 4 is 40.8 Å². The number of amides is 1. The molecule has 1 aliphatic heterocycles. The Morgan fingerprint density at radius 2 is 1.95 bits per heavy atom. The summed E-state index contributed by atoms with van der Waals surface area (Å²) in [5, 5.41) is 3.60. The summed E-state index contributed by atoms with van der Waals surface area (Å²) in [5.41, 5.74) is 1.61. The minimum atomic E-state index is -0.908. The lowest BCUT2D eigenvalue weighted by Crippen LogP contribution is -2.38. The lowest BCUT2D eigenvalue weighted by atomic mass is 9.98. The summed E-state index contributed by atoms with van der Waals surface area (Å²) in [6, 6.07) is 11.7. The number of anilines is 1. The number of rotatable bonds is 2. The summed E-state index contributed by atoms with van der Waals surface area (Å²) in [7, 11) is 0. The topological polar surface area (TPSA) is 55.4 Å². The quantitative estimate of drug-likeness (QED) is 0.851. The number of esters is 1. The molecule has 112 valence electrons. The molecule has 6 heteroatoms. The minimum Gasteiger partial charge on any atom is -0.448 e. The zero-order valence-corrected chi connectivity index (χ0v) is 12.8. The first-order valence-electron chi connectivity index (χ1n) is 6.59. The monoisotopic (exact) mass is 335 g/mol. The first-order chi connectivity index (χ1) is 10.5. The summed E-state index contributed by atoms with van der Waals surface area (Å²) in [4.78, 5) is 24.2. The Bertz CT molecular complexity index is 761. The molecule has 22 heavy (non-hydrogen) atoms. The molecule has 0 bridgehead atoms. The average molecular weight is 336 g/mol. The fourth-order valence-corrected chi connectivity index (χ4v) is 2.66. The minimum absolute atomic E-state index is 0.276. The predicted octanol–water partition coefficient (Wildman–Crippen LogP) is 3.71. The van der Waals surface area contributed by atoms with E-state index in [0.29, 0.717) is 26.9 Å². The summed E-state index contributed by atoms with van der Waals surface area (Å²) in [6.07, 6.45) is -0.632. The smallest absolute Gasteiger partial charge is 0.339 e. The van der Waals surface area contributed by atoms with Crippen LogP contribution in [-0.2, 0) is 16.0 Å². The molecule has 1 heterocycles.